The molecule has 2 rings (SSSR count). The fourth-order valence-corrected chi connectivity index (χ4v) is 1.59. The fourth-order valence-electron chi connectivity index (χ4n) is 1.59. The van der Waals surface area contributed by atoms with Crippen molar-refractivity contribution >= 4 is 5.69 Å². The lowest BCUT2D eigenvalue weighted by Crippen LogP contribution is -2.02. The molecule has 0 unspecified atom stereocenters. The Morgan fingerprint density at radius 3 is 2.06 bits per heavy atom. The van der Waals surface area contributed by atoms with Crippen molar-refractivity contribution in [1.29, 1.82) is 0 Å². The van der Waals surface area contributed by atoms with E-state index in [1.807, 2.05) is 31.2 Å². The van der Waals surface area contributed by atoms with E-state index in [4.69, 9.17) is 0 Å². The van der Waals surface area contributed by atoms with Crippen molar-refractivity contribution < 1.29 is 13.2 Å². The molecular weight excluding hydrogens is 239 g/mol. The zero-order valence-corrected chi connectivity index (χ0v) is 9.81. The molecule has 0 aliphatic carbocycles. The molecule has 2 aromatic carbocycles. The normalized spacial score (nSPS) is 10.4. The summed E-state index contributed by atoms with van der Waals surface area (Å²) in [5.41, 5.74) is 2.32. The van der Waals surface area contributed by atoms with Gasteiger partial charge in [-0.3, -0.25) is 0 Å². The Bertz CT molecular complexity index is 526. The summed E-state index contributed by atoms with van der Waals surface area (Å²) in [5, 5.41) is 3.01. The predicted octanol–water partition coefficient (Wildman–Crippen LogP) is 4.02. The molecule has 4 heteroatoms. The van der Waals surface area contributed by atoms with Gasteiger partial charge in [0.25, 0.3) is 0 Å². The van der Waals surface area contributed by atoms with Gasteiger partial charge in [0.1, 0.15) is 0 Å². The van der Waals surface area contributed by atoms with E-state index in [1.165, 1.54) is 0 Å². The molecule has 0 aromatic heterocycles. The topological polar surface area (TPSA) is 12.0 Å². The molecule has 94 valence electrons. The van der Waals surface area contributed by atoms with Gasteiger partial charge in [-0.15, -0.1) is 0 Å². The molecule has 0 fully saturated rings. The molecule has 18 heavy (non-hydrogen) atoms. The van der Waals surface area contributed by atoms with Crippen molar-refractivity contribution in [3.05, 3.63) is 65.0 Å². The van der Waals surface area contributed by atoms with Crippen molar-refractivity contribution in [3.63, 3.8) is 0 Å². The van der Waals surface area contributed by atoms with E-state index < -0.39 is 17.5 Å². The van der Waals surface area contributed by atoms with Gasteiger partial charge in [-0.1, -0.05) is 17.7 Å². The molecule has 1 N–H and O–H groups in total. The molecule has 0 bridgehead atoms. The molecule has 0 aliphatic rings. The molecule has 0 atom stereocenters. The maximum Gasteiger partial charge on any atom is 0.194 e. The Labute approximate surface area is 103 Å². The molecule has 0 heterocycles. The summed E-state index contributed by atoms with van der Waals surface area (Å²) in [7, 11) is 0. The van der Waals surface area contributed by atoms with E-state index in [9.17, 15) is 13.2 Å². The second kappa shape index (κ2) is 5.12. The zero-order valence-electron chi connectivity index (χ0n) is 9.81. The molecule has 2 aromatic rings. The zero-order chi connectivity index (χ0) is 13.1. The van der Waals surface area contributed by atoms with Gasteiger partial charge < -0.3 is 5.32 Å². The average molecular weight is 251 g/mol. The lowest BCUT2D eigenvalue weighted by molar-refractivity contribution is 0.445. The van der Waals surface area contributed by atoms with Gasteiger partial charge >= 0.3 is 0 Å². The molecule has 0 spiro atoms. The molecule has 0 amide bonds. The largest absolute Gasteiger partial charge is 0.381 e. The van der Waals surface area contributed by atoms with Crippen LogP contribution in [-0.2, 0) is 6.54 Å². The third kappa shape index (κ3) is 2.83. The SMILES string of the molecule is Cc1ccc(NCc2cc(F)c(F)c(F)c2)cc1. The Balaban J connectivity index is 2.08. The first-order valence-corrected chi connectivity index (χ1v) is 5.50. The molecule has 0 saturated carbocycles. The van der Waals surface area contributed by atoms with Crippen LogP contribution in [0.1, 0.15) is 11.1 Å². The van der Waals surface area contributed by atoms with Crippen LogP contribution in [0.15, 0.2) is 36.4 Å². The van der Waals surface area contributed by atoms with Gasteiger partial charge in [-0.25, -0.2) is 13.2 Å². The van der Waals surface area contributed by atoms with Crippen molar-refractivity contribution in [1.82, 2.24) is 0 Å². The first-order chi connectivity index (χ1) is 8.56. The number of hydrogen-bond acceptors (Lipinski definition) is 1. The third-order valence-corrected chi connectivity index (χ3v) is 2.59. The van der Waals surface area contributed by atoms with Crippen LogP contribution < -0.4 is 5.32 Å². The summed E-state index contributed by atoms with van der Waals surface area (Å²) in [6.07, 6.45) is 0. The van der Waals surface area contributed by atoms with Crippen LogP contribution in [0.25, 0.3) is 0 Å². The monoisotopic (exact) mass is 251 g/mol. The van der Waals surface area contributed by atoms with Crippen molar-refractivity contribution in [2.24, 2.45) is 0 Å². The van der Waals surface area contributed by atoms with Gasteiger partial charge in [-0.05, 0) is 36.8 Å². The summed E-state index contributed by atoms with van der Waals surface area (Å²) in [6, 6.07) is 9.55. The average Bonchev–Trinajstić information content (AvgIpc) is 2.35. The number of anilines is 1. The lowest BCUT2D eigenvalue weighted by Gasteiger charge is -2.07. The number of aryl methyl sites for hydroxylation is 1. The number of hydrogen-bond donors (Lipinski definition) is 1. The highest BCUT2D eigenvalue weighted by Crippen LogP contribution is 2.15. The first kappa shape index (κ1) is 12.5. The van der Waals surface area contributed by atoms with Crippen molar-refractivity contribution in [2.75, 3.05) is 5.32 Å². The minimum absolute atomic E-state index is 0.233. The summed E-state index contributed by atoms with van der Waals surface area (Å²) >= 11 is 0. The minimum Gasteiger partial charge on any atom is -0.381 e. The van der Waals surface area contributed by atoms with Crippen molar-refractivity contribution in [3.8, 4) is 0 Å². The summed E-state index contributed by atoms with van der Waals surface area (Å²) < 4.78 is 38.7. The molecule has 1 nitrogen and oxygen atoms in total. The van der Waals surface area contributed by atoms with E-state index in [2.05, 4.69) is 5.32 Å². The summed E-state index contributed by atoms with van der Waals surface area (Å²) in [5.74, 6) is -3.78. The van der Waals surface area contributed by atoms with E-state index in [0.717, 1.165) is 23.4 Å². The standard InChI is InChI=1S/C14H12F3N/c1-9-2-4-11(5-3-9)18-8-10-6-12(15)14(17)13(16)7-10/h2-7,18H,8H2,1H3. The minimum atomic E-state index is -1.44. The van der Waals surface area contributed by atoms with Gasteiger partial charge in [0.05, 0.1) is 0 Å². The Morgan fingerprint density at radius 1 is 0.944 bits per heavy atom. The van der Waals surface area contributed by atoms with Crippen LogP contribution >= 0.6 is 0 Å². The predicted molar refractivity (Wildman–Crippen MR) is 64.8 cm³/mol. The maximum atomic E-state index is 13.0. The molecular formula is C14H12F3N. The fraction of sp³-hybridized carbons (Fsp3) is 0.143. The second-order valence-electron chi connectivity index (χ2n) is 4.09. The third-order valence-electron chi connectivity index (χ3n) is 2.59. The quantitative estimate of drug-likeness (QED) is 0.812. The van der Waals surface area contributed by atoms with E-state index >= 15 is 0 Å². The number of rotatable bonds is 3. The van der Waals surface area contributed by atoms with Gasteiger partial charge in [-0.2, -0.15) is 0 Å². The van der Waals surface area contributed by atoms with Crippen LogP contribution in [0.3, 0.4) is 0 Å². The molecule has 0 aliphatic heterocycles. The van der Waals surface area contributed by atoms with Crippen LogP contribution in [0, 0.1) is 24.4 Å². The van der Waals surface area contributed by atoms with E-state index in [0.29, 0.717) is 5.56 Å². The lowest BCUT2D eigenvalue weighted by atomic mass is 10.2. The van der Waals surface area contributed by atoms with Crippen LogP contribution in [0.2, 0.25) is 0 Å². The Morgan fingerprint density at radius 2 is 1.50 bits per heavy atom. The summed E-state index contributed by atoms with van der Waals surface area (Å²) in [6.45, 7) is 2.20. The van der Waals surface area contributed by atoms with Crippen LogP contribution in [-0.4, -0.2) is 0 Å². The maximum absolute atomic E-state index is 13.0. The van der Waals surface area contributed by atoms with Crippen LogP contribution in [0.4, 0.5) is 18.9 Å². The Kier molecular flexibility index (Phi) is 3.55. The first-order valence-electron chi connectivity index (χ1n) is 5.50. The number of benzene rings is 2. The smallest absolute Gasteiger partial charge is 0.194 e. The van der Waals surface area contributed by atoms with Gasteiger partial charge in [0.2, 0.25) is 0 Å². The summed E-state index contributed by atoms with van der Waals surface area (Å²) in [4.78, 5) is 0. The van der Waals surface area contributed by atoms with Crippen molar-refractivity contribution in [2.45, 2.75) is 13.5 Å². The van der Waals surface area contributed by atoms with Gasteiger partial charge in [0, 0.05) is 12.2 Å². The highest BCUT2D eigenvalue weighted by Gasteiger charge is 2.10. The van der Waals surface area contributed by atoms with E-state index in [1.54, 1.807) is 0 Å². The van der Waals surface area contributed by atoms with Gasteiger partial charge in [0.15, 0.2) is 17.5 Å². The molecule has 0 saturated heterocycles. The second-order valence-corrected chi connectivity index (χ2v) is 4.09. The van der Waals surface area contributed by atoms with Crippen LogP contribution in [0.5, 0.6) is 0 Å². The molecule has 0 radical (unpaired) electrons. The Hall–Kier alpha value is -1.97. The highest BCUT2D eigenvalue weighted by atomic mass is 19.2. The highest BCUT2D eigenvalue weighted by molar-refractivity contribution is 5.45. The number of halogens is 3. The van der Waals surface area contributed by atoms with E-state index in [-0.39, 0.29) is 6.54 Å². The number of nitrogens with one attached hydrogen (secondary N) is 1.